The van der Waals surface area contributed by atoms with E-state index < -0.39 is 5.54 Å². The summed E-state index contributed by atoms with van der Waals surface area (Å²) >= 11 is 18.4. The molecule has 0 spiro atoms. The van der Waals surface area contributed by atoms with Crippen molar-refractivity contribution in [2.24, 2.45) is 0 Å². The first-order chi connectivity index (χ1) is 9.48. The Labute approximate surface area is 133 Å². The molecule has 0 saturated carbocycles. The number of anilines is 1. The fraction of sp³-hybridized carbons (Fsp3) is 0.200. The molecule has 0 aliphatic carbocycles. The average molecular weight is 331 g/mol. The van der Waals surface area contributed by atoms with E-state index in [1.807, 2.05) is 31.2 Å². The van der Waals surface area contributed by atoms with Gasteiger partial charge in [-0.3, -0.25) is 0 Å². The van der Waals surface area contributed by atoms with E-state index in [0.29, 0.717) is 20.6 Å². The molecule has 0 aliphatic rings. The maximum atomic E-state index is 9.80. The van der Waals surface area contributed by atoms with Gasteiger partial charge in [0.25, 0.3) is 0 Å². The lowest BCUT2D eigenvalue weighted by Crippen LogP contribution is -2.36. The molecule has 1 unspecified atom stereocenters. The number of hydrogen-bond acceptors (Lipinski definition) is 2. The molecule has 0 saturated heterocycles. The fourth-order valence-electron chi connectivity index (χ4n) is 1.98. The molecule has 0 aromatic heterocycles. The van der Waals surface area contributed by atoms with Crippen LogP contribution in [0.4, 0.5) is 5.69 Å². The largest absolute Gasteiger partial charge is 0.394 e. The number of aliphatic hydroxyl groups excluding tert-OH is 1. The molecule has 0 bridgehead atoms. The van der Waals surface area contributed by atoms with Crippen molar-refractivity contribution in [3.05, 3.63) is 63.1 Å². The Morgan fingerprint density at radius 2 is 1.65 bits per heavy atom. The molecule has 2 rings (SSSR count). The zero-order valence-electron chi connectivity index (χ0n) is 10.8. The Hall–Kier alpha value is -0.930. The molecule has 106 valence electrons. The van der Waals surface area contributed by atoms with Gasteiger partial charge in [-0.2, -0.15) is 0 Å². The highest BCUT2D eigenvalue weighted by Gasteiger charge is 2.29. The molecule has 2 aromatic rings. The number of halogens is 3. The second-order valence-electron chi connectivity index (χ2n) is 4.70. The minimum Gasteiger partial charge on any atom is -0.394 e. The van der Waals surface area contributed by atoms with Crippen LogP contribution in [0.3, 0.4) is 0 Å². The number of rotatable bonds is 4. The first kappa shape index (κ1) is 15.5. The molecular formula is C15H14Cl3NO. The van der Waals surface area contributed by atoms with Gasteiger partial charge < -0.3 is 10.4 Å². The Bertz CT molecular complexity index is 618. The minimum absolute atomic E-state index is 0.154. The third-order valence-electron chi connectivity index (χ3n) is 3.15. The second kappa shape index (κ2) is 6.23. The van der Waals surface area contributed by atoms with Crippen molar-refractivity contribution >= 4 is 40.5 Å². The predicted molar refractivity (Wildman–Crippen MR) is 86.0 cm³/mol. The summed E-state index contributed by atoms with van der Waals surface area (Å²) in [5.41, 5.74) is 0.656. The van der Waals surface area contributed by atoms with E-state index in [4.69, 9.17) is 34.8 Å². The lowest BCUT2D eigenvalue weighted by Gasteiger charge is -2.32. The SMILES string of the molecule is CC(CO)(Nc1ccccc1Cl)c1cccc(Cl)c1Cl. The van der Waals surface area contributed by atoms with Gasteiger partial charge in [0.2, 0.25) is 0 Å². The molecule has 5 heteroatoms. The second-order valence-corrected chi connectivity index (χ2v) is 5.89. The van der Waals surface area contributed by atoms with Crippen LogP contribution >= 0.6 is 34.8 Å². The molecule has 0 heterocycles. The maximum Gasteiger partial charge on any atom is 0.0843 e. The Morgan fingerprint density at radius 3 is 2.30 bits per heavy atom. The monoisotopic (exact) mass is 329 g/mol. The van der Waals surface area contributed by atoms with Gasteiger partial charge in [-0.1, -0.05) is 59.1 Å². The molecule has 0 aliphatic heterocycles. The zero-order valence-corrected chi connectivity index (χ0v) is 13.1. The van der Waals surface area contributed by atoms with Crippen LogP contribution in [0.2, 0.25) is 15.1 Å². The van der Waals surface area contributed by atoms with Gasteiger partial charge in [0.15, 0.2) is 0 Å². The van der Waals surface area contributed by atoms with E-state index in [-0.39, 0.29) is 6.61 Å². The molecule has 0 radical (unpaired) electrons. The molecule has 1 atom stereocenters. The van der Waals surface area contributed by atoms with Crippen LogP contribution in [0.25, 0.3) is 0 Å². The van der Waals surface area contributed by atoms with Crippen molar-refractivity contribution in [3.63, 3.8) is 0 Å². The lowest BCUT2D eigenvalue weighted by molar-refractivity contribution is 0.224. The van der Waals surface area contributed by atoms with Crippen LogP contribution in [0, 0.1) is 0 Å². The van der Waals surface area contributed by atoms with Gasteiger partial charge in [0.1, 0.15) is 0 Å². The van der Waals surface area contributed by atoms with Crippen LogP contribution in [0.1, 0.15) is 12.5 Å². The van der Waals surface area contributed by atoms with Gasteiger partial charge in [0, 0.05) is 0 Å². The molecular weight excluding hydrogens is 317 g/mol. The quantitative estimate of drug-likeness (QED) is 0.830. The predicted octanol–water partition coefficient (Wildman–Crippen LogP) is 4.97. The summed E-state index contributed by atoms with van der Waals surface area (Å²) in [6.07, 6.45) is 0. The molecule has 0 fully saturated rings. The van der Waals surface area contributed by atoms with Crippen molar-refractivity contribution < 1.29 is 5.11 Å². The first-order valence-corrected chi connectivity index (χ1v) is 7.19. The number of aliphatic hydroxyl groups is 1. The summed E-state index contributed by atoms with van der Waals surface area (Å²) < 4.78 is 0. The number of nitrogens with one attached hydrogen (secondary N) is 1. The summed E-state index contributed by atoms with van der Waals surface area (Å²) in [7, 11) is 0. The van der Waals surface area contributed by atoms with Crippen molar-refractivity contribution in [2.75, 3.05) is 11.9 Å². The minimum atomic E-state index is -0.785. The highest BCUT2D eigenvalue weighted by atomic mass is 35.5. The average Bonchev–Trinajstić information content (AvgIpc) is 2.44. The lowest BCUT2D eigenvalue weighted by atomic mass is 9.92. The van der Waals surface area contributed by atoms with E-state index in [1.54, 1.807) is 18.2 Å². The molecule has 2 nitrogen and oxygen atoms in total. The van der Waals surface area contributed by atoms with Crippen molar-refractivity contribution in [1.82, 2.24) is 0 Å². The Kier molecular flexibility index (Phi) is 4.82. The Balaban J connectivity index is 2.44. The van der Waals surface area contributed by atoms with E-state index in [0.717, 1.165) is 5.69 Å². The third kappa shape index (κ3) is 3.04. The Morgan fingerprint density at radius 1 is 1.00 bits per heavy atom. The standard InChI is InChI=1S/C15H14Cl3NO/c1-15(9-20,10-5-4-7-12(17)14(10)18)19-13-8-3-2-6-11(13)16/h2-8,19-20H,9H2,1H3. The van der Waals surface area contributed by atoms with Gasteiger partial charge >= 0.3 is 0 Å². The fourth-order valence-corrected chi connectivity index (χ4v) is 2.67. The van der Waals surface area contributed by atoms with Gasteiger partial charge in [0.05, 0.1) is 32.9 Å². The smallest absolute Gasteiger partial charge is 0.0843 e. The summed E-state index contributed by atoms with van der Waals surface area (Å²) in [6.45, 7) is 1.69. The van der Waals surface area contributed by atoms with Crippen LogP contribution in [0.5, 0.6) is 0 Å². The molecule has 2 aromatic carbocycles. The zero-order chi connectivity index (χ0) is 14.8. The summed E-state index contributed by atoms with van der Waals surface area (Å²) in [5, 5.41) is 14.5. The van der Waals surface area contributed by atoms with Crippen molar-refractivity contribution in [3.8, 4) is 0 Å². The van der Waals surface area contributed by atoms with Crippen LogP contribution < -0.4 is 5.32 Å². The van der Waals surface area contributed by atoms with Crippen LogP contribution in [-0.2, 0) is 5.54 Å². The van der Waals surface area contributed by atoms with Crippen LogP contribution in [-0.4, -0.2) is 11.7 Å². The maximum absolute atomic E-state index is 9.80. The number of hydrogen-bond donors (Lipinski definition) is 2. The van der Waals surface area contributed by atoms with E-state index >= 15 is 0 Å². The van der Waals surface area contributed by atoms with Gasteiger partial charge in [-0.25, -0.2) is 0 Å². The van der Waals surface area contributed by atoms with Crippen molar-refractivity contribution in [1.29, 1.82) is 0 Å². The molecule has 20 heavy (non-hydrogen) atoms. The normalized spacial score (nSPS) is 13.8. The van der Waals surface area contributed by atoms with Gasteiger partial charge in [-0.15, -0.1) is 0 Å². The number of para-hydroxylation sites is 1. The summed E-state index contributed by atoms with van der Waals surface area (Å²) in [5.74, 6) is 0. The molecule has 2 N–H and O–H groups in total. The third-order valence-corrected chi connectivity index (χ3v) is 4.30. The first-order valence-electron chi connectivity index (χ1n) is 6.06. The molecule has 0 amide bonds. The highest BCUT2D eigenvalue weighted by molar-refractivity contribution is 6.42. The van der Waals surface area contributed by atoms with Crippen molar-refractivity contribution in [2.45, 2.75) is 12.5 Å². The van der Waals surface area contributed by atoms with E-state index in [1.165, 1.54) is 0 Å². The number of benzene rings is 2. The van der Waals surface area contributed by atoms with Gasteiger partial charge in [-0.05, 0) is 30.7 Å². The van der Waals surface area contributed by atoms with Crippen LogP contribution in [0.15, 0.2) is 42.5 Å². The highest BCUT2D eigenvalue weighted by Crippen LogP contribution is 2.36. The summed E-state index contributed by atoms with van der Waals surface area (Å²) in [6, 6.07) is 12.7. The van der Waals surface area contributed by atoms with E-state index in [9.17, 15) is 5.11 Å². The summed E-state index contributed by atoms with van der Waals surface area (Å²) in [4.78, 5) is 0. The van der Waals surface area contributed by atoms with E-state index in [2.05, 4.69) is 5.32 Å². The topological polar surface area (TPSA) is 32.3 Å².